The second-order valence-electron chi connectivity index (χ2n) is 5.35. The van der Waals surface area contributed by atoms with Crippen molar-refractivity contribution >= 4 is 33.4 Å². The maximum atomic E-state index is 12.2. The van der Waals surface area contributed by atoms with E-state index in [9.17, 15) is 14.4 Å². The molecular weight excluding hydrogens is 306 g/mol. The first-order valence-corrected chi connectivity index (χ1v) is 7.89. The molecule has 3 rings (SSSR count). The SMILES string of the molecule is O=C(CCn1cnc2sccc2c1=O)NC(C(=O)O)C1CC1. The normalized spacial score (nSPS) is 15.6. The van der Waals surface area contributed by atoms with Crippen LogP contribution >= 0.6 is 11.3 Å². The maximum absolute atomic E-state index is 12.2. The van der Waals surface area contributed by atoms with Gasteiger partial charge in [0.1, 0.15) is 10.9 Å². The van der Waals surface area contributed by atoms with Crippen molar-refractivity contribution in [3.63, 3.8) is 0 Å². The average molecular weight is 321 g/mol. The Kier molecular flexibility index (Phi) is 3.93. The third-order valence-electron chi connectivity index (χ3n) is 3.71. The van der Waals surface area contributed by atoms with Crippen LogP contribution in [0.15, 0.2) is 22.6 Å². The molecule has 2 heterocycles. The van der Waals surface area contributed by atoms with Crippen molar-refractivity contribution in [2.75, 3.05) is 0 Å². The number of thiophene rings is 1. The van der Waals surface area contributed by atoms with E-state index in [-0.39, 0.29) is 30.3 Å². The monoisotopic (exact) mass is 321 g/mol. The quantitative estimate of drug-likeness (QED) is 0.820. The number of aryl methyl sites for hydroxylation is 1. The first-order chi connectivity index (χ1) is 10.6. The number of carbonyl (C=O) groups excluding carboxylic acids is 1. The van der Waals surface area contributed by atoms with Gasteiger partial charge in [-0.05, 0) is 30.2 Å². The lowest BCUT2D eigenvalue weighted by Gasteiger charge is -2.13. The van der Waals surface area contributed by atoms with Crippen molar-refractivity contribution in [1.29, 1.82) is 0 Å². The molecule has 0 aliphatic heterocycles. The van der Waals surface area contributed by atoms with E-state index in [0.29, 0.717) is 10.2 Å². The number of aliphatic carboxylic acids is 1. The van der Waals surface area contributed by atoms with E-state index >= 15 is 0 Å². The Hall–Kier alpha value is -2.22. The van der Waals surface area contributed by atoms with Gasteiger partial charge in [0.15, 0.2) is 0 Å². The van der Waals surface area contributed by atoms with Gasteiger partial charge < -0.3 is 10.4 Å². The molecule has 116 valence electrons. The summed E-state index contributed by atoms with van der Waals surface area (Å²) < 4.78 is 1.38. The summed E-state index contributed by atoms with van der Waals surface area (Å²) in [5.41, 5.74) is -0.184. The van der Waals surface area contributed by atoms with Crippen LogP contribution in [0.3, 0.4) is 0 Å². The highest BCUT2D eigenvalue weighted by molar-refractivity contribution is 7.16. The molecule has 0 radical (unpaired) electrons. The van der Waals surface area contributed by atoms with Crippen LogP contribution in [0.1, 0.15) is 19.3 Å². The highest BCUT2D eigenvalue weighted by Crippen LogP contribution is 2.32. The van der Waals surface area contributed by atoms with Crippen molar-refractivity contribution in [2.24, 2.45) is 5.92 Å². The summed E-state index contributed by atoms with van der Waals surface area (Å²) in [6.07, 6.45) is 3.13. The van der Waals surface area contributed by atoms with Crippen molar-refractivity contribution in [3.05, 3.63) is 28.1 Å². The van der Waals surface area contributed by atoms with Gasteiger partial charge in [0, 0.05) is 13.0 Å². The van der Waals surface area contributed by atoms with Crippen molar-refractivity contribution in [3.8, 4) is 0 Å². The van der Waals surface area contributed by atoms with Crippen LogP contribution in [-0.2, 0) is 16.1 Å². The Morgan fingerprint density at radius 3 is 2.95 bits per heavy atom. The minimum Gasteiger partial charge on any atom is -0.480 e. The summed E-state index contributed by atoms with van der Waals surface area (Å²) >= 11 is 1.39. The van der Waals surface area contributed by atoms with E-state index in [2.05, 4.69) is 10.3 Å². The number of carboxylic acids is 1. The van der Waals surface area contributed by atoms with Gasteiger partial charge in [-0.2, -0.15) is 0 Å². The molecule has 0 spiro atoms. The summed E-state index contributed by atoms with van der Waals surface area (Å²) in [6, 6.07) is 0.890. The van der Waals surface area contributed by atoms with Crippen LogP contribution in [0, 0.1) is 5.92 Å². The summed E-state index contributed by atoms with van der Waals surface area (Å²) in [4.78, 5) is 40.0. The zero-order chi connectivity index (χ0) is 15.7. The first-order valence-electron chi connectivity index (χ1n) is 7.01. The number of fused-ring (bicyclic) bond motifs is 1. The summed E-state index contributed by atoms with van der Waals surface area (Å²) in [6.45, 7) is 0.181. The van der Waals surface area contributed by atoms with E-state index in [1.54, 1.807) is 11.4 Å². The Morgan fingerprint density at radius 2 is 2.27 bits per heavy atom. The minimum atomic E-state index is -1.01. The number of amides is 1. The van der Waals surface area contributed by atoms with Crippen molar-refractivity contribution < 1.29 is 14.7 Å². The van der Waals surface area contributed by atoms with Gasteiger partial charge in [0.25, 0.3) is 5.56 Å². The molecular formula is C14H15N3O4S. The molecule has 22 heavy (non-hydrogen) atoms. The second kappa shape index (κ2) is 5.88. The molecule has 2 aromatic heterocycles. The largest absolute Gasteiger partial charge is 0.480 e. The van der Waals surface area contributed by atoms with Crippen LogP contribution in [0.4, 0.5) is 0 Å². The summed E-state index contributed by atoms with van der Waals surface area (Å²) in [7, 11) is 0. The zero-order valence-corrected chi connectivity index (χ0v) is 12.5. The van der Waals surface area contributed by atoms with Crippen LogP contribution in [-0.4, -0.2) is 32.6 Å². The number of carbonyl (C=O) groups is 2. The van der Waals surface area contributed by atoms with Crippen molar-refractivity contribution in [1.82, 2.24) is 14.9 Å². The molecule has 1 atom stereocenters. The van der Waals surface area contributed by atoms with Gasteiger partial charge in [-0.25, -0.2) is 9.78 Å². The van der Waals surface area contributed by atoms with Crippen molar-refractivity contribution in [2.45, 2.75) is 31.8 Å². The van der Waals surface area contributed by atoms with Gasteiger partial charge in [-0.3, -0.25) is 14.2 Å². The Morgan fingerprint density at radius 1 is 1.50 bits per heavy atom. The summed E-state index contributed by atoms with van der Waals surface area (Å²) in [5, 5.41) is 13.9. The average Bonchev–Trinajstić information content (AvgIpc) is 3.20. The van der Waals surface area contributed by atoms with E-state index < -0.39 is 12.0 Å². The molecule has 7 nitrogen and oxygen atoms in total. The fourth-order valence-corrected chi connectivity index (χ4v) is 3.05. The Bertz CT molecular complexity index is 778. The topological polar surface area (TPSA) is 101 Å². The number of nitrogens with zero attached hydrogens (tertiary/aromatic N) is 2. The van der Waals surface area contributed by atoms with Gasteiger partial charge in [0.2, 0.25) is 5.91 Å². The lowest BCUT2D eigenvalue weighted by atomic mass is 10.2. The van der Waals surface area contributed by atoms with Gasteiger partial charge >= 0.3 is 5.97 Å². The highest BCUT2D eigenvalue weighted by atomic mass is 32.1. The molecule has 1 aliphatic carbocycles. The molecule has 0 bridgehead atoms. The molecule has 1 aliphatic rings. The molecule has 1 amide bonds. The van der Waals surface area contributed by atoms with Crippen LogP contribution in [0.2, 0.25) is 0 Å². The second-order valence-corrected chi connectivity index (χ2v) is 6.25. The zero-order valence-electron chi connectivity index (χ0n) is 11.7. The van der Waals surface area contributed by atoms with Crippen LogP contribution in [0.25, 0.3) is 10.2 Å². The molecule has 1 saturated carbocycles. The molecule has 1 unspecified atom stereocenters. The van der Waals surface area contributed by atoms with E-state index in [1.807, 2.05) is 0 Å². The Balaban J connectivity index is 1.63. The lowest BCUT2D eigenvalue weighted by Crippen LogP contribution is -2.42. The van der Waals surface area contributed by atoms with Gasteiger partial charge in [-0.15, -0.1) is 11.3 Å². The molecule has 2 aromatic rings. The fraction of sp³-hybridized carbons (Fsp3) is 0.429. The third-order valence-corrected chi connectivity index (χ3v) is 4.53. The highest BCUT2D eigenvalue weighted by Gasteiger charge is 2.37. The number of carboxylic acid groups (broad SMARTS) is 1. The lowest BCUT2D eigenvalue weighted by molar-refractivity contribution is -0.142. The number of nitrogens with one attached hydrogen (secondary N) is 1. The summed E-state index contributed by atoms with van der Waals surface area (Å²) in [5.74, 6) is -1.33. The van der Waals surface area contributed by atoms with E-state index in [4.69, 9.17) is 5.11 Å². The molecule has 0 aromatic carbocycles. The van der Waals surface area contributed by atoms with E-state index in [0.717, 1.165) is 12.8 Å². The number of aromatic nitrogens is 2. The standard InChI is InChI=1S/C14H15N3O4S/c18-10(16-11(14(20)21)8-1-2-8)3-5-17-7-15-12-9(13(17)19)4-6-22-12/h4,6-8,11H,1-3,5H2,(H,16,18)(H,20,21). The predicted octanol–water partition coefficient (Wildman–Crippen LogP) is 0.827. The number of hydrogen-bond acceptors (Lipinski definition) is 5. The smallest absolute Gasteiger partial charge is 0.326 e. The molecule has 2 N–H and O–H groups in total. The van der Waals surface area contributed by atoms with E-state index in [1.165, 1.54) is 22.2 Å². The van der Waals surface area contributed by atoms with Crippen LogP contribution < -0.4 is 10.9 Å². The molecule has 0 saturated heterocycles. The molecule has 8 heteroatoms. The number of hydrogen-bond donors (Lipinski definition) is 2. The predicted molar refractivity (Wildman–Crippen MR) is 80.8 cm³/mol. The maximum Gasteiger partial charge on any atom is 0.326 e. The van der Waals surface area contributed by atoms with Gasteiger partial charge in [-0.1, -0.05) is 0 Å². The Labute approximate surface area is 129 Å². The number of rotatable bonds is 6. The fourth-order valence-electron chi connectivity index (χ4n) is 2.33. The first kappa shape index (κ1) is 14.7. The minimum absolute atomic E-state index is 0.0352. The van der Waals surface area contributed by atoms with Crippen LogP contribution in [0.5, 0.6) is 0 Å². The third kappa shape index (κ3) is 3.01. The van der Waals surface area contributed by atoms with Gasteiger partial charge in [0.05, 0.1) is 11.7 Å². The molecule has 1 fully saturated rings.